The summed E-state index contributed by atoms with van der Waals surface area (Å²) in [5, 5.41) is 13.7. The second-order valence-corrected chi connectivity index (χ2v) is 14.6. The Morgan fingerprint density at radius 1 is 1.05 bits per heavy atom. The van der Waals surface area contributed by atoms with Crippen molar-refractivity contribution in [3.05, 3.63) is 76.0 Å². The largest absolute Gasteiger partial charge is 0.381 e. The van der Waals surface area contributed by atoms with Crippen molar-refractivity contribution in [1.29, 1.82) is 0 Å². The minimum absolute atomic E-state index is 0.302. The summed E-state index contributed by atoms with van der Waals surface area (Å²) in [5.74, 6) is 0.313. The summed E-state index contributed by atoms with van der Waals surface area (Å²) in [4.78, 5) is 16.8. The van der Waals surface area contributed by atoms with Gasteiger partial charge >= 0.3 is 0 Å². The first-order chi connectivity index (χ1) is 20.7. The molecule has 1 unspecified atom stereocenters. The molecule has 1 amide bonds. The number of amides is 1. The van der Waals surface area contributed by atoms with Crippen molar-refractivity contribution in [2.24, 2.45) is 10.2 Å². The van der Waals surface area contributed by atoms with Crippen LogP contribution in [0.3, 0.4) is 0 Å². The summed E-state index contributed by atoms with van der Waals surface area (Å²) < 4.78 is 26.7. The van der Waals surface area contributed by atoms with Gasteiger partial charge in [-0.05, 0) is 74.0 Å². The molecular weight excluding hydrogens is 584 g/mol. The fourth-order valence-electron chi connectivity index (χ4n) is 7.06. The molecule has 2 aromatic rings. The lowest BCUT2D eigenvalue weighted by molar-refractivity contribution is -0.130. The summed E-state index contributed by atoms with van der Waals surface area (Å²) in [7, 11) is -3.36. The molecule has 4 aliphatic heterocycles. The van der Waals surface area contributed by atoms with Crippen LogP contribution in [0.15, 0.2) is 70.0 Å². The zero-order chi connectivity index (χ0) is 30.0. The standard InChI is InChI=1S/C32H41ClN6O3S/c1-43(41,42)38-20-14-30-28(23-38)32(36-35-30,15-6-16-37-18-12-27(13-19-37)39-17-5-9-31(39)40)25-10-11-29(33)24(21-25)22-34-26-7-3-2-4-8-26/h2-4,7-8,10-11,21,27,34H,5-6,9,12-20,22-23H2,1H3. The first-order valence-electron chi connectivity index (χ1n) is 15.4. The van der Waals surface area contributed by atoms with Gasteiger partial charge in [0.1, 0.15) is 5.54 Å². The third-order valence-electron chi connectivity index (χ3n) is 9.49. The Bertz CT molecular complexity index is 1510. The molecule has 0 spiro atoms. The number of nitrogens with zero attached hydrogens (tertiary/aromatic N) is 5. The third kappa shape index (κ3) is 6.53. The molecule has 43 heavy (non-hydrogen) atoms. The van der Waals surface area contributed by atoms with Crippen molar-refractivity contribution in [3.8, 4) is 0 Å². The van der Waals surface area contributed by atoms with Gasteiger partial charge in [-0.1, -0.05) is 35.9 Å². The fourth-order valence-corrected chi connectivity index (χ4v) is 8.03. The summed E-state index contributed by atoms with van der Waals surface area (Å²) in [6, 6.07) is 16.5. The Morgan fingerprint density at radius 3 is 2.56 bits per heavy atom. The third-order valence-corrected chi connectivity index (χ3v) is 11.1. The van der Waals surface area contributed by atoms with E-state index in [0.29, 0.717) is 49.4 Å². The predicted octanol–water partition coefficient (Wildman–Crippen LogP) is 5.40. The zero-order valence-corrected chi connectivity index (χ0v) is 26.4. The SMILES string of the molecule is CS(=O)(=O)N1CCC2=C(C1)C(CCCN1CCC(N3CCCC3=O)CC1)(c1ccc(Cl)c(CNc3ccccc3)c1)N=N2. The van der Waals surface area contributed by atoms with Gasteiger partial charge in [-0.15, -0.1) is 0 Å². The smallest absolute Gasteiger partial charge is 0.222 e. The van der Waals surface area contributed by atoms with Gasteiger partial charge in [-0.2, -0.15) is 14.5 Å². The minimum Gasteiger partial charge on any atom is -0.381 e. The Balaban J connectivity index is 1.21. The molecule has 0 bridgehead atoms. The van der Waals surface area contributed by atoms with Gasteiger partial charge in [0.05, 0.1) is 12.0 Å². The molecule has 9 nitrogen and oxygen atoms in total. The number of halogens is 1. The maximum atomic E-state index is 12.6. The number of carbonyl (C=O) groups excluding carboxylic acids is 1. The maximum Gasteiger partial charge on any atom is 0.222 e. The quantitative estimate of drug-likeness (QED) is 0.382. The van der Waals surface area contributed by atoms with Crippen LogP contribution in [0.5, 0.6) is 0 Å². The molecule has 4 heterocycles. The molecule has 6 rings (SSSR count). The molecule has 0 radical (unpaired) electrons. The molecule has 0 aliphatic carbocycles. The van der Waals surface area contributed by atoms with E-state index >= 15 is 0 Å². The lowest BCUT2D eigenvalue weighted by Crippen LogP contribution is -2.45. The van der Waals surface area contributed by atoms with Gasteiger partial charge in [-0.25, -0.2) is 8.42 Å². The van der Waals surface area contributed by atoms with Gasteiger partial charge in [0, 0.05) is 74.4 Å². The molecule has 0 saturated carbocycles. The number of piperidine rings is 1. The lowest BCUT2D eigenvalue weighted by atomic mass is 9.77. The number of nitrogens with one attached hydrogen (secondary N) is 1. The summed E-state index contributed by atoms with van der Waals surface area (Å²) in [6.45, 7) is 5.07. The summed E-state index contributed by atoms with van der Waals surface area (Å²) in [5.41, 5.74) is 4.14. The monoisotopic (exact) mass is 624 g/mol. The Labute approximate surface area is 260 Å². The van der Waals surface area contributed by atoms with E-state index in [1.54, 1.807) is 4.31 Å². The van der Waals surface area contributed by atoms with Gasteiger partial charge < -0.3 is 15.1 Å². The molecule has 1 atom stereocenters. The van der Waals surface area contributed by atoms with Crippen LogP contribution in [-0.2, 0) is 26.9 Å². The van der Waals surface area contributed by atoms with Gasteiger partial charge in [0.15, 0.2) is 0 Å². The van der Waals surface area contributed by atoms with E-state index in [1.807, 2.05) is 42.5 Å². The number of anilines is 1. The van der Waals surface area contributed by atoms with Crippen LogP contribution in [0.1, 0.15) is 56.1 Å². The van der Waals surface area contributed by atoms with E-state index in [0.717, 1.165) is 86.4 Å². The van der Waals surface area contributed by atoms with E-state index in [2.05, 4.69) is 26.3 Å². The van der Waals surface area contributed by atoms with Crippen molar-refractivity contribution in [1.82, 2.24) is 14.1 Å². The second kappa shape index (κ2) is 12.7. The highest BCUT2D eigenvalue weighted by Gasteiger charge is 2.45. The number of rotatable bonds is 10. The Kier molecular flexibility index (Phi) is 8.91. The van der Waals surface area contributed by atoms with Crippen molar-refractivity contribution in [2.75, 3.05) is 50.8 Å². The Morgan fingerprint density at radius 2 is 1.84 bits per heavy atom. The van der Waals surface area contributed by atoms with E-state index in [4.69, 9.17) is 16.7 Å². The average molecular weight is 625 g/mol. The molecule has 0 aromatic heterocycles. The van der Waals surface area contributed by atoms with Crippen molar-refractivity contribution in [2.45, 2.75) is 63.1 Å². The number of likely N-dealkylation sites (tertiary alicyclic amines) is 2. The molecule has 2 fully saturated rings. The molecule has 1 N–H and O–H groups in total. The topological polar surface area (TPSA) is 97.7 Å². The highest BCUT2D eigenvalue weighted by Crippen LogP contribution is 2.48. The molecule has 2 aromatic carbocycles. The second-order valence-electron chi connectivity index (χ2n) is 12.2. The molecule has 2 saturated heterocycles. The number of azo groups is 1. The van der Waals surface area contributed by atoms with Crippen LogP contribution in [0, 0.1) is 0 Å². The highest BCUT2D eigenvalue weighted by molar-refractivity contribution is 7.88. The van der Waals surface area contributed by atoms with Gasteiger partial charge in [0.25, 0.3) is 0 Å². The van der Waals surface area contributed by atoms with E-state index in [9.17, 15) is 13.2 Å². The summed E-state index contributed by atoms with van der Waals surface area (Å²) in [6.07, 6.45) is 7.17. The lowest BCUT2D eigenvalue weighted by Gasteiger charge is -2.38. The van der Waals surface area contributed by atoms with Crippen LogP contribution in [0.25, 0.3) is 0 Å². The number of benzene rings is 2. The van der Waals surface area contributed by atoms with E-state index in [1.165, 1.54) is 6.26 Å². The highest BCUT2D eigenvalue weighted by atomic mass is 35.5. The zero-order valence-electron chi connectivity index (χ0n) is 24.8. The fraction of sp³-hybridized carbons (Fsp3) is 0.531. The van der Waals surface area contributed by atoms with Crippen LogP contribution < -0.4 is 5.32 Å². The van der Waals surface area contributed by atoms with Crippen molar-refractivity contribution >= 4 is 33.2 Å². The van der Waals surface area contributed by atoms with Crippen molar-refractivity contribution in [3.63, 3.8) is 0 Å². The van der Waals surface area contributed by atoms with Gasteiger partial charge in [0.2, 0.25) is 15.9 Å². The van der Waals surface area contributed by atoms with E-state index in [-0.39, 0.29) is 0 Å². The first-order valence-corrected chi connectivity index (χ1v) is 17.7. The molecular formula is C32H41ClN6O3S. The molecule has 11 heteroatoms. The number of para-hydroxylation sites is 1. The first kappa shape index (κ1) is 30.2. The normalized spacial score (nSPS) is 23.8. The molecule has 230 valence electrons. The Hall–Kier alpha value is -2.79. The van der Waals surface area contributed by atoms with Crippen LogP contribution in [-0.4, -0.2) is 80.0 Å². The number of hydrogen-bond donors (Lipinski definition) is 1. The van der Waals surface area contributed by atoms with Crippen LogP contribution in [0.2, 0.25) is 5.02 Å². The van der Waals surface area contributed by atoms with Crippen molar-refractivity contribution < 1.29 is 13.2 Å². The average Bonchev–Trinajstić information content (AvgIpc) is 3.61. The predicted molar refractivity (Wildman–Crippen MR) is 169 cm³/mol. The van der Waals surface area contributed by atoms with Crippen LogP contribution >= 0.6 is 11.6 Å². The minimum atomic E-state index is -3.36. The van der Waals surface area contributed by atoms with E-state index < -0.39 is 15.6 Å². The number of sulfonamides is 1. The molecule has 4 aliphatic rings. The summed E-state index contributed by atoms with van der Waals surface area (Å²) >= 11 is 6.68. The number of carbonyl (C=O) groups is 1. The van der Waals surface area contributed by atoms with Crippen LogP contribution in [0.4, 0.5) is 5.69 Å². The van der Waals surface area contributed by atoms with Gasteiger partial charge in [-0.3, -0.25) is 4.79 Å². The number of hydrogen-bond acceptors (Lipinski definition) is 7. The maximum absolute atomic E-state index is 12.6.